The Morgan fingerprint density at radius 1 is 1.00 bits per heavy atom. The Kier molecular flexibility index (Phi) is 5.95. The lowest BCUT2D eigenvalue weighted by atomic mass is 9.95. The zero-order valence-electron chi connectivity index (χ0n) is 19.7. The van der Waals surface area contributed by atoms with E-state index in [-0.39, 0.29) is 17.5 Å². The largest absolute Gasteiger partial charge is 0.465 e. The number of fused-ring (bicyclic) bond motifs is 1. The van der Waals surface area contributed by atoms with Crippen LogP contribution in [-0.4, -0.2) is 29.6 Å². The van der Waals surface area contributed by atoms with Gasteiger partial charge in [-0.15, -0.1) is 0 Å². The molecule has 1 aliphatic rings. The van der Waals surface area contributed by atoms with Crippen molar-refractivity contribution >= 4 is 22.6 Å². The van der Waals surface area contributed by atoms with Gasteiger partial charge >= 0.3 is 5.97 Å². The minimum Gasteiger partial charge on any atom is -0.465 e. The highest BCUT2D eigenvalue weighted by Crippen LogP contribution is 2.29. The number of benzene rings is 3. The van der Waals surface area contributed by atoms with Crippen molar-refractivity contribution < 1.29 is 14.3 Å². The molecule has 1 aromatic heterocycles. The third kappa shape index (κ3) is 4.60. The normalized spacial score (nSPS) is 13.0. The lowest BCUT2D eigenvalue weighted by Crippen LogP contribution is -2.25. The molecule has 6 heteroatoms. The van der Waals surface area contributed by atoms with Gasteiger partial charge in [-0.1, -0.05) is 42.5 Å². The minimum absolute atomic E-state index is 0.0893. The Morgan fingerprint density at radius 3 is 2.49 bits per heavy atom. The van der Waals surface area contributed by atoms with Gasteiger partial charge in [0, 0.05) is 28.6 Å². The summed E-state index contributed by atoms with van der Waals surface area (Å²) in [7, 11) is 1.33. The SMILES string of the molecule is COC(=O)c1cn(Cc2ccccc2)c(=O)c2ccc(-c3cc(C(=O)NC4CC4)ccc3C)cc12. The highest BCUT2D eigenvalue weighted by molar-refractivity contribution is 6.05. The fourth-order valence-corrected chi connectivity index (χ4v) is 4.30. The molecule has 0 radical (unpaired) electrons. The van der Waals surface area contributed by atoms with Gasteiger partial charge in [-0.3, -0.25) is 9.59 Å². The van der Waals surface area contributed by atoms with E-state index >= 15 is 0 Å². The van der Waals surface area contributed by atoms with Crippen molar-refractivity contribution in [1.29, 1.82) is 0 Å². The predicted molar refractivity (Wildman–Crippen MR) is 136 cm³/mol. The number of hydrogen-bond donors (Lipinski definition) is 1. The zero-order valence-corrected chi connectivity index (χ0v) is 19.7. The van der Waals surface area contributed by atoms with Crippen molar-refractivity contribution in [3.8, 4) is 11.1 Å². The average molecular weight is 467 g/mol. The van der Waals surface area contributed by atoms with Crippen LogP contribution in [0.15, 0.2) is 77.7 Å². The molecule has 1 N–H and O–H groups in total. The number of hydrogen-bond acceptors (Lipinski definition) is 4. The molecule has 176 valence electrons. The number of aryl methyl sites for hydroxylation is 1. The maximum atomic E-state index is 13.3. The van der Waals surface area contributed by atoms with Gasteiger partial charge in [0.1, 0.15) is 0 Å². The number of rotatable bonds is 6. The van der Waals surface area contributed by atoms with Gasteiger partial charge < -0.3 is 14.6 Å². The molecule has 0 unspecified atom stereocenters. The monoisotopic (exact) mass is 466 g/mol. The number of nitrogens with zero attached hydrogens (tertiary/aromatic N) is 1. The Bertz CT molecular complexity index is 1500. The second kappa shape index (κ2) is 9.22. The Balaban J connectivity index is 1.61. The van der Waals surface area contributed by atoms with Crippen LogP contribution < -0.4 is 10.9 Å². The molecular formula is C29H26N2O4. The van der Waals surface area contributed by atoms with Gasteiger partial charge in [0.15, 0.2) is 0 Å². The first-order valence-corrected chi connectivity index (χ1v) is 11.7. The number of pyridine rings is 1. The molecule has 1 aliphatic carbocycles. The van der Waals surface area contributed by atoms with Gasteiger partial charge in [-0.25, -0.2) is 4.79 Å². The average Bonchev–Trinajstić information content (AvgIpc) is 3.70. The predicted octanol–water partition coefficient (Wildman–Crippen LogP) is 4.70. The molecule has 3 aromatic carbocycles. The third-order valence-corrected chi connectivity index (χ3v) is 6.41. The summed E-state index contributed by atoms with van der Waals surface area (Å²) in [5.41, 5.74) is 4.37. The summed E-state index contributed by atoms with van der Waals surface area (Å²) in [6, 6.07) is 20.9. The van der Waals surface area contributed by atoms with Crippen LogP contribution in [0.3, 0.4) is 0 Å². The first-order valence-electron chi connectivity index (χ1n) is 11.7. The van der Waals surface area contributed by atoms with E-state index in [9.17, 15) is 14.4 Å². The van der Waals surface area contributed by atoms with Gasteiger partial charge in [0.25, 0.3) is 11.5 Å². The minimum atomic E-state index is -0.511. The van der Waals surface area contributed by atoms with Crippen molar-refractivity contribution in [3.63, 3.8) is 0 Å². The molecular weight excluding hydrogens is 440 g/mol. The number of aromatic nitrogens is 1. The van der Waals surface area contributed by atoms with Crippen molar-refractivity contribution in [2.45, 2.75) is 32.4 Å². The van der Waals surface area contributed by atoms with Crippen LogP contribution in [0, 0.1) is 6.92 Å². The van der Waals surface area contributed by atoms with E-state index in [4.69, 9.17) is 4.74 Å². The van der Waals surface area contributed by atoms with Crippen LogP contribution in [0.2, 0.25) is 0 Å². The third-order valence-electron chi connectivity index (χ3n) is 6.41. The number of esters is 1. The summed E-state index contributed by atoms with van der Waals surface area (Å²) in [4.78, 5) is 38.6. The maximum Gasteiger partial charge on any atom is 0.339 e. The van der Waals surface area contributed by atoms with Crippen molar-refractivity contribution in [3.05, 3.63) is 106 Å². The van der Waals surface area contributed by atoms with E-state index in [1.54, 1.807) is 12.3 Å². The lowest BCUT2D eigenvalue weighted by Gasteiger charge is -2.14. The molecule has 0 atom stereocenters. The van der Waals surface area contributed by atoms with Gasteiger partial charge in [0.05, 0.1) is 19.2 Å². The smallest absolute Gasteiger partial charge is 0.339 e. The van der Waals surface area contributed by atoms with Gasteiger partial charge in [0.2, 0.25) is 0 Å². The fraction of sp³-hybridized carbons (Fsp3) is 0.207. The number of carbonyl (C=O) groups excluding carboxylic acids is 2. The molecule has 1 amide bonds. The van der Waals surface area contributed by atoms with Gasteiger partial charge in [-0.2, -0.15) is 0 Å². The lowest BCUT2D eigenvalue weighted by molar-refractivity contribution is 0.0602. The van der Waals surface area contributed by atoms with Crippen LogP contribution in [0.5, 0.6) is 0 Å². The van der Waals surface area contributed by atoms with E-state index < -0.39 is 5.97 Å². The topological polar surface area (TPSA) is 77.4 Å². The molecule has 1 heterocycles. The Labute approximate surface area is 203 Å². The maximum absolute atomic E-state index is 13.3. The van der Waals surface area contributed by atoms with Crippen LogP contribution in [-0.2, 0) is 11.3 Å². The van der Waals surface area contributed by atoms with Crippen LogP contribution >= 0.6 is 0 Å². The summed E-state index contributed by atoms with van der Waals surface area (Å²) in [5, 5.41) is 3.98. The van der Waals surface area contributed by atoms with Crippen molar-refractivity contribution in [2.24, 2.45) is 0 Å². The number of amides is 1. The molecule has 0 aliphatic heterocycles. The second-order valence-electron chi connectivity index (χ2n) is 8.99. The quantitative estimate of drug-likeness (QED) is 0.418. The van der Waals surface area contributed by atoms with E-state index in [1.807, 2.05) is 67.6 Å². The Hall–Kier alpha value is -4.19. The molecule has 1 saturated carbocycles. The summed E-state index contributed by atoms with van der Waals surface area (Å²) < 4.78 is 6.58. The van der Waals surface area contributed by atoms with Crippen LogP contribution in [0.4, 0.5) is 0 Å². The van der Waals surface area contributed by atoms with E-state index in [2.05, 4.69) is 5.32 Å². The van der Waals surface area contributed by atoms with E-state index in [0.29, 0.717) is 28.4 Å². The number of carbonyl (C=O) groups is 2. The number of nitrogens with one attached hydrogen (secondary N) is 1. The zero-order chi connectivity index (χ0) is 24.5. The molecule has 35 heavy (non-hydrogen) atoms. The van der Waals surface area contributed by atoms with E-state index in [0.717, 1.165) is 35.1 Å². The summed E-state index contributed by atoms with van der Waals surface area (Å²) in [6.45, 7) is 2.32. The number of methoxy groups -OCH3 is 1. The molecule has 5 rings (SSSR count). The van der Waals surface area contributed by atoms with Crippen LogP contribution in [0.25, 0.3) is 21.9 Å². The standard InChI is InChI=1S/C29H26N2O4/c1-18-8-9-21(27(32)30-22-11-12-22)15-24(18)20-10-13-23-25(14-20)26(29(34)35-2)17-31(28(23)33)16-19-6-4-3-5-7-19/h3-10,13-15,17,22H,11-12,16H2,1-2H3,(H,30,32). The molecule has 0 saturated heterocycles. The van der Waals surface area contributed by atoms with Crippen molar-refractivity contribution in [1.82, 2.24) is 9.88 Å². The fourth-order valence-electron chi connectivity index (χ4n) is 4.30. The number of ether oxygens (including phenoxy) is 1. The Morgan fingerprint density at radius 2 is 1.77 bits per heavy atom. The van der Waals surface area contributed by atoms with Crippen LogP contribution in [0.1, 0.15) is 44.7 Å². The molecule has 4 aromatic rings. The summed E-state index contributed by atoms with van der Waals surface area (Å²) in [6.07, 6.45) is 3.61. The highest BCUT2D eigenvalue weighted by atomic mass is 16.5. The van der Waals surface area contributed by atoms with Gasteiger partial charge in [-0.05, 0) is 66.3 Å². The molecule has 6 nitrogen and oxygen atoms in total. The van der Waals surface area contributed by atoms with Crippen molar-refractivity contribution in [2.75, 3.05) is 7.11 Å². The highest BCUT2D eigenvalue weighted by Gasteiger charge is 2.24. The molecule has 0 spiro atoms. The summed E-state index contributed by atoms with van der Waals surface area (Å²) >= 11 is 0. The molecule has 1 fully saturated rings. The first kappa shape index (κ1) is 22.6. The summed E-state index contributed by atoms with van der Waals surface area (Å²) in [5.74, 6) is -0.600. The molecule has 0 bridgehead atoms. The van der Waals surface area contributed by atoms with E-state index in [1.165, 1.54) is 11.7 Å². The first-order chi connectivity index (χ1) is 16.9. The second-order valence-corrected chi connectivity index (χ2v) is 8.99.